The predicted octanol–water partition coefficient (Wildman–Crippen LogP) is 5.15. The zero-order valence-electron chi connectivity index (χ0n) is 18.0. The van der Waals surface area contributed by atoms with Crippen LogP contribution in [0.25, 0.3) is 21.7 Å². The second kappa shape index (κ2) is 10.4. The molecule has 1 unspecified atom stereocenters. The highest BCUT2D eigenvalue weighted by Gasteiger charge is 2.23. The fourth-order valence-corrected chi connectivity index (χ4v) is 5.03. The molecule has 0 fully saturated rings. The molecule has 0 aliphatic carbocycles. The van der Waals surface area contributed by atoms with E-state index in [1.165, 1.54) is 23.5 Å². The van der Waals surface area contributed by atoms with Crippen LogP contribution in [-0.2, 0) is 9.36 Å². The zero-order valence-corrected chi connectivity index (χ0v) is 19.7. The van der Waals surface area contributed by atoms with Crippen LogP contribution < -0.4 is 0 Å². The van der Waals surface area contributed by atoms with Gasteiger partial charge in [-0.05, 0) is 46.8 Å². The third-order valence-corrected chi connectivity index (χ3v) is 7.02. The van der Waals surface area contributed by atoms with Crippen molar-refractivity contribution in [1.82, 2.24) is 4.98 Å². The molecule has 33 heavy (non-hydrogen) atoms. The number of hydrogen-bond donors (Lipinski definition) is 3. The number of carbonyl (C=O) groups is 1. The maximum absolute atomic E-state index is 13.6. The van der Waals surface area contributed by atoms with Crippen molar-refractivity contribution in [1.29, 1.82) is 0 Å². The molecule has 3 N–H and O–H groups in total. The topological polar surface area (TPSA) is 108 Å². The molecular formula is C24H23FNO5PS. The van der Waals surface area contributed by atoms with Crippen molar-refractivity contribution in [3.05, 3.63) is 64.9 Å². The van der Waals surface area contributed by atoms with Gasteiger partial charge in [0.1, 0.15) is 5.82 Å². The minimum atomic E-state index is -4.16. The summed E-state index contributed by atoms with van der Waals surface area (Å²) in [6.45, 7) is 3.85. The molecule has 2 atom stereocenters. The molecule has 1 aromatic carbocycles. The second-order valence-electron chi connectivity index (χ2n) is 7.83. The van der Waals surface area contributed by atoms with Gasteiger partial charge < -0.3 is 15.1 Å². The predicted molar refractivity (Wildman–Crippen MR) is 127 cm³/mol. The van der Waals surface area contributed by atoms with Crippen molar-refractivity contribution in [3.63, 3.8) is 0 Å². The van der Waals surface area contributed by atoms with Crippen LogP contribution in [0.3, 0.4) is 0 Å². The van der Waals surface area contributed by atoms with Gasteiger partial charge in [-0.3, -0.25) is 14.3 Å². The number of aliphatic hydroxyl groups excluding tert-OH is 1. The first-order valence-corrected chi connectivity index (χ1v) is 12.9. The van der Waals surface area contributed by atoms with E-state index in [9.17, 15) is 23.7 Å². The standard InChI is InChI=1S/C24H23FNO5PS/c1-15(2)24-19(9-10-32(30,31)14-18(27)12-23(28)29)20(16-5-7-17(25)8-6-16)13-21(26-24)22-4-3-11-33-22/h3-8,11,13,15,18,27H,12,14H2,1-2H3,(H,28,29)(H,30,31)/t18-/m0/s1. The monoisotopic (exact) mass is 487 g/mol. The van der Waals surface area contributed by atoms with E-state index in [1.807, 2.05) is 37.4 Å². The van der Waals surface area contributed by atoms with Gasteiger partial charge in [-0.15, -0.1) is 11.3 Å². The summed E-state index contributed by atoms with van der Waals surface area (Å²) in [5.41, 5.74) is 5.40. The van der Waals surface area contributed by atoms with Crippen LogP contribution in [0.2, 0.25) is 0 Å². The molecule has 0 radical (unpaired) electrons. The Kier molecular flexibility index (Phi) is 7.83. The van der Waals surface area contributed by atoms with Gasteiger partial charge >= 0.3 is 5.97 Å². The van der Waals surface area contributed by atoms with E-state index in [2.05, 4.69) is 11.6 Å². The third kappa shape index (κ3) is 6.59. The van der Waals surface area contributed by atoms with Crippen molar-refractivity contribution in [2.75, 3.05) is 6.16 Å². The van der Waals surface area contributed by atoms with E-state index in [4.69, 9.17) is 10.1 Å². The molecule has 2 heterocycles. The van der Waals surface area contributed by atoms with Gasteiger partial charge in [0.05, 0.1) is 40.5 Å². The molecular weight excluding hydrogens is 464 g/mol. The maximum atomic E-state index is 13.6. The maximum Gasteiger partial charge on any atom is 0.305 e. The van der Waals surface area contributed by atoms with Gasteiger partial charge in [0, 0.05) is 5.56 Å². The lowest BCUT2D eigenvalue weighted by molar-refractivity contribution is -0.138. The van der Waals surface area contributed by atoms with E-state index in [-0.39, 0.29) is 5.92 Å². The molecule has 9 heteroatoms. The minimum Gasteiger partial charge on any atom is -0.481 e. The van der Waals surface area contributed by atoms with Crippen molar-refractivity contribution in [2.45, 2.75) is 32.3 Å². The summed E-state index contributed by atoms with van der Waals surface area (Å²) in [4.78, 5) is 26.7. The Hall–Kier alpha value is -2.82. The lowest BCUT2D eigenvalue weighted by Gasteiger charge is -2.15. The summed E-state index contributed by atoms with van der Waals surface area (Å²) in [5, 5.41) is 20.5. The van der Waals surface area contributed by atoms with Gasteiger partial charge in [0.15, 0.2) is 0 Å². The van der Waals surface area contributed by atoms with Crippen LogP contribution >= 0.6 is 18.7 Å². The summed E-state index contributed by atoms with van der Waals surface area (Å²) in [6.07, 6.45) is -2.80. The van der Waals surface area contributed by atoms with Gasteiger partial charge in [-0.2, -0.15) is 0 Å². The molecule has 0 saturated carbocycles. The molecule has 2 aromatic heterocycles. The Bertz CT molecular complexity index is 1250. The van der Waals surface area contributed by atoms with Gasteiger partial charge in [0.2, 0.25) is 0 Å². The zero-order chi connectivity index (χ0) is 24.2. The number of aliphatic carboxylic acids is 1. The van der Waals surface area contributed by atoms with Crippen LogP contribution in [0.4, 0.5) is 4.39 Å². The number of thiophene rings is 1. The Morgan fingerprint density at radius 2 is 1.94 bits per heavy atom. The number of carboxylic acids is 1. The highest BCUT2D eigenvalue weighted by atomic mass is 32.1. The smallest absolute Gasteiger partial charge is 0.305 e. The van der Waals surface area contributed by atoms with Crippen molar-refractivity contribution in [3.8, 4) is 33.3 Å². The lowest BCUT2D eigenvalue weighted by atomic mass is 9.94. The molecule has 0 amide bonds. The van der Waals surface area contributed by atoms with Crippen LogP contribution in [0.1, 0.15) is 37.4 Å². The Labute approximate surface area is 195 Å². The number of carboxylic acid groups (broad SMARTS) is 1. The summed E-state index contributed by atoms with van der Waals surface area (Å²) < 4.78 is 26.1. The highest BCUT2D eigenvalue weighted by Crippen LogP contribution is 2.41. The first-order chi connectivity index (χ1) is 15.6. The molecule has 172 valence electrons. The van der Waals surface area contributed by atoms with E-state index in [0.717, 1.165) is 4.88 Å². The highest BCUT2D eigenvalue weighted by molar-refractivity contribution is 7.63. The summed E-state index contributed by atoms with van der Waals surface area (Å²) in [6, 6.07) is 11.5. The normalized spacial score (nSPS) is 13.8. The first kappa shape index (κ1) is 24.8. The largest absolute Gasteiger partial charge is 0.481 e. The fraction of sp³-hybridized carbons (Fsp3) is 0.250. The number of rotatable bonds is 7. The molecule has 3 aromatic rings. The molecule has 3 rings (SSSR count). The number of nitrogens with zero attached hydrogens (tertiary/aromatic N) is 1. The van der Waals surface area contributed by atoms with Crippen molar-refractivity contribution >= 4 is 24.7 Å². The number of benzene rings is 1. The number of halogens is 1. The Morgan fingerprint density at radius 3 is 2.52 bits per heavy atom. The number of aromatic nitrogens is 1. The Morgan fingerprint density at radius 1 is 1.24 bits per heavy atom. The van der Waals surface area contributed by atoms with E-state index >= 15 is 0 Å². The summed E-state index contributed by atoms with van der Waals surface area (Å²) >= 11 is 1.52. The van der Waals surface area contributed by atoms with Crippen LogP contribution in [0.5, 0.6) is 0 Å². The fourth-order valence-electron chi connectivity index (χ4n) is 3.26. The molecule has 0 saturated heterocycles. The van der Waals surface area contributed by atoms with Crippen molar-refractivity contribution < 1.29 is 28.9 Å². The average molecular weight is 487 g/mol. The second-order valence-corrected chi connectivity index (χ2v) is 10.8. The molecule has 0 aliphatic heterocycles. The number of pyridine rings is 1. The van der Waals surface area contributed by atoms with Crippen molar-refractivity contribution in [2.24, 2.45) is 0 Å². The van der Waals surface area contributed by atoms with Gasteiger partial charge in [0.25, 0.3) is 7.37 Å². The van der Waals surface area contributed by atoms with Gasteiger partial charge in [-0.25, -0.2) is 4.39 Å². The lowest BCUT2D eigenvalue weighted by Crippen LogP contribution is -2.17. The van der Waals surface area contributed by atoms with Crippen LogP contribution in [-0.4, -0.2) is 38.3 Å². The van der Waals surface area contributed by atoms with Gasteiger partial charge in [-0.1, -0.05) is 38.0 Å². The van der Waals surface area contributed by atoms with E-state index in [1.54, 1.807) is 12.1 Å². The molecule has 6 nitrogen and oxygen atoms in total. The summed E-state index contributed by atoms with van der Waals surface area (Å²) in [5.74, 6) is 1.03. The quantitative estimate of drug-likeness (QED) is 0.314. The van der Waals surface area contributed by atoms with E-state index < -0.39 is 37.8 Å². The van der Waals surface area contributed by atoms with Crippen LogP contribution in [0, 0.1) is 17.4 Å². The van der Waals surface area contributed by atoms with Crippen LogP contribution in [0.15, 0.2) is 47.8 Å². The SMILES string of the molecule is CC(C)c1nc(-c2cccs2)cc(-c2ccc(F)cc2)c1C#CP(=O)(O)C[C@@H](O)CC(=O)O. The van der Waals surface area contributed by atoms with E-state index in [0.29, 0.717) is 28.1 Å². The minimum absolute atomic E-state index is 0.0795. The molecule has 0 aliphatic rings. The number of hydrogen-bond acceptors (Lipinski definition) is 5. The number of aliphatic hydroxyl groups is 1. The molecule has 0 spiro atoms. The average Bonchev–Trinajstić information content (AvgIpc) is 3.26. The molecule has 0 bridgehead atoms. The Balaban J connectivity index is 2.15. The first-order valence-electron chi connectivity index (χ1n) is 10.2. The third-order valence-electron chi connectivity index (χ3n) is 4.75. The summed E-state index contributed by atoms with van der Waals surface area (Å²) in [7, 11) is -4.16.